The summed E-state index contributed by atoms with van der Waals surface area (Å²) in [6, 6.07) is 0. The van der Waals surface area contributed by atoms with Crippen molar-refractivity contribution >= 4 is 0 Å². The fourth-order valence-corrected chi connectivity index (χ4v) is 4.28. The second-order valence-electron chi connectivity index (χ2n) is 5.43. The van der Waals surface area contributed by atoms with Gasteiger partial charge in [-0.1, -0.05) is 40.5 Å². The number of hydrogen-bond donors (Lipinski definition) is 0. The van der Waals surface area contributed by atoms with E-state index in [1.807, 2.05) is 0 Å². The van der Waals surface area contributed by atoms with Gasteiger partial charge in [-0.2, -0.15) is 0 Å². The van der Waals surface area contributed by atoms with Crippen LogP contribution in [0.1, 0.15) is 53.4 Å². The molecular formula is C12H22. The van der Waals surface area contributed by atoms with E-state index in [1.54, 1.807) is 0 Å². The second kappa shape index (κ2) is 2.27. The normalized spacial score (nSPS) is 56.0. The Morgan fingerprint density at radius 3 is 2.42 bits per heavy atom. The van der Waals surface area contributed by atoms with Gasteiger partial charge in [0.25, 0.3) is 0 Å². The summed E-state index contributed by atoms with van der Waals surface area (Å²) in [5, 5.41) is 0. The van der Waals surface area contributed by atoms with Crippen LogP contribution >= 0.6 is 0 Å². The highest BCUT2D eigenvalue weighted by Crippen LogP contribution is 2.82. The Bertz CT molecular complexity index is 196. The summed E-state index contributed by atoms with van der Waals surface area (Å²) in [5.74, 6) is 2.14. The fourth-order valence-electron chi connectivity index (χ4n) is 4.28. The van der Waals surface area contributed by atoms with E-state index < -0.39 is 0 Å². The number of hydrogen-bond acceptors (Lipinski definition) is 0. The first-order chi connectivity index (χ1) is 5.61. The van der Waals surface area contributed by atoms with Gasteiger partial charge in [0.15, 0.2) is 0 Å². The molecule has 0 aliphatic heterocycles. The summed E-state index contributed by atoms with van der Waals surface area (Å²) in [7, 11) is 0. The molecule has 70 valence electrons. The van der Waals surface area contributed by atoms with E-state index in [-0.39, 0.29) is 0 Å². The van der Waals surface area contributed by atoms with Gasteiger partial charge in [-0.15, -0.1) is 0 Å². The zero-order valence-electron chi connectivity index (χ0n) is 8.98. The van der Waals surface area contributed by atoms with Crippen LogP contribution in [0.5, 0.6) is 0 Å². The molecule has 0 bridgehead atoms. The average Bonchev–Trinajstić information content (AvgIpc) is 2.49. The van der Waals surface area contributed by atoms with Crippen LogP contribution in [0, 0.1) is 22.7 Å². The van der Waals surface area contributed by atoms with Gasteiger partial charge in [-0.05, 0) is 35.5 Å². The molecule has 0 amide bonds. The van der Waals surface area contributed by atoms with Crippen LogP contribution in [0.2, 0.25) is 0 Å². The summed E-state index contributed by atoms with van der Waals surface area (Å²) in [6.45, 7) is 9.66. The molecule has 0 N–H and O–H groups in total. The summed E-state index contributed by atoms with van der Waals surface area (Å²) in [6.07, 6.45) is 5.80. The Morgan fingerprint density at radius 2 is 2.00 bits per heavy atom. The Morgan fingerprint density at radius 1 is 1.33 bits per heavy atom. The first-order valence-corrected chi connectivity index (χ1v) is 5.61. The number of rotatable bonds is 3. The molecule has 4 atom stereocenters. The predicted octanol–water partition coefficient (Wildman–Crippen LogP) is 3.86. The van der Waals surface area contributed by atoms with Crippen molar-refractivity contribution < 1.29 is 0 Å². The first kappa shape index (κ1) is 8.59. The van der Waals surface area contributed by atoms with Gasteiger partial charge in [0, 0.05) is 0 Å². The van der Waals surface area contributed by atoms with Gasteiger partial charge in [-0.3, -0.25) is 0 Å². The molecule has 0 heterocycles. The number of fused-ring (bicyclic) bond motifs is 1. The predicted molar refractivity (Wildman–Crippen MR) is 53.0 cm³/mol. The topological polar surface area (TPSA) is 0 Å². The molecule has 4 unspecified atom stereocenters. The molecular weight excluding hydrogens is 144 g/mol. The lowest BCUT2D eigenvalue weighted by molar-refractivity contribution is 0.0527. The third-order valence-corrected chi connectivity index (χ3v) is 4.92. The zero-order chi connectivity index (χ0) is 8.98. The van der Waals surface area contributed by atoms with Crippen LogP contribution in [0.25, 0.3) is 0 Å². The van der Waals surface area contributed by atoms with Gasteiger partial charge >= 0.3 is 0 Å². The monoisotopic (exact) mass is 166 g/mol. The Labute approximate surface area is 76.7 Å². The summed E-state index contributed by atoms with van der Waals surface area (Å²) < 4.78 is 0. The zero-order valence-corrected chi connectivity index (χ0v) is 8.98. The third-order valence-electron chi connectivity index (χ3n) is 4.92. The molecule has 0 heteroatoms. The molecule has 2 aliphatic carbocycles. The van der Waals surface area contributed by atoms with Crippen molar-refractivity contribution in [3.8, 4) is 0 Å². The van der Waals surface area contributed by atoms with Crippen molar-refractivity contribution in [2.45, 2.75) is 53.4 Å². The quantitative estimate of drug-likeness (QED) is 0.597. The van der Waals surface area contributed by atoms with E-state index in [9.17, 15) is 0 Å². The molecule has 0 radical (unpaired) electrons. The van der Waals surface area contributed by atoms with E-state index in [1.165, 1.54) is 25.7 Å². The maximum Gasteiger partial charge on any atom is -0.0227 e. The maximum atomic E-state index is 2.50. The molecule has 0 saturated heterocycles. The minimum atomic E-state index is 0.731. The lowest BCUT2D eigenvalue weighted by Crippen LogP contribution is -2.35. The fraction of sp³-hybridized carbons (Fsp3) is 1.00. The molecule has 0 aromatic heterocycles. The van der Waals surface area contributed by atoms with Crippen LogP contribution in [0.3, 0.4) is 0 Å². The average molecular weight is 166 g/mol. The Kier molecular flexibility index (Phi) is 1.63. The summed E-state index contributed by atoms with van der Waals surface area (Å²) >= 11 is 0. The molecule has 2 saturated carbocycles. The van der Waals surface area contributed by atoms with Crippen molar-refractivity contribution in [1.82, 2.24) is 0 Å². The maximum absolute atomic E-state index is 2.50. The van der Waals surface area contributed by atoms with E-state index in [2.05, 4.69) is 27.7 Å². The van der Waals surface area contributed by atoms with Crippen molar-refractivity contribution in [3.05, 3.63) is 0 Å². The van der Waals surface area contributed by atoms with Crippen LogP contribution in [0.15, 0.2) is 0 Å². The minimum absolute atomic E-state index is 0.731. The van der Waals surface area contributed by atoms with Gasteiger partial charge < -0.3 is 0 Å². The lowest BCUT2D eigenvalue weighted by Gasteiger charge is -2.44. The van der Waals surface area contributed by atoms with Crippen molar-refractivity contribution in [3.63, 3.8) is 0 Å². The first-order valence-electron chi connectivity index (χ1n) is 5.61. The van der Waals surface area contributed by atoms with Crippen LogP contribution < -0.4 is 0 Å². The minimum Gasteiger partial charge on any atom is -0.0654 e. The Balaban J connectivity index is 2.04. The highest BCUT2D eigenvalue weighted by molar-refractivity contribution is 5.24. The standard InChI is InChI=1S/C12H22/c1-5-7-12-8-11(4,6-2)10(12)9(12)3/h9-10H,5-8H2,1-4H3. The van der Waals surface area contributed by atoms with E-state index in [0.717, 1.165) is 22.7 Å². The molecule has 0 nitrogen and oxygen atoms in total. The van der Waals surface area contributed by atoms with E-state index in [4.69, 9.17) is 0 Å². The van der Waals surface area contributed by atoms with Crippen LogP contribution in [-0.4, -0.2) is 0 Å². The van der Waals surface area contributed by atoms with Crippen LogP contribution in [0.4, 0.5) is 0 Å². The molecule has 0 aromatic rings. The highest BCUT2D eigenvalue weighted by Gasteiger charge is 2.75. The Hall–Kier alpha value is 0. The SMILES string of the molecule is CCCC12CC(C)(CC)C1C2C. The highest BCUT2D eigenvalue weighted by atomic mass is 14.8. The van der Waals surface area contributed by atoms with E-state index in [0.29, 0.717) is 0 Å². The van der Waals surface area contributed by atoms with Gasteiger partial charge in [0.2, 0.25) is 0 Å². The largest absolute Gasteiger partial charge is 0.0654 e. The van der Waals surface area contributed by atoms with Crippen LogP contribution in [-0.2, 0) is 0 Å². The van der Waals surface area contributed by atoms with E-state index >= 15 is 0 Å². The molecule has 2 fully saturated rings. The van der Waals surface area contributed by atoms with Gasteiger partial charge in [0.05, 0.1) is 0 Å². The lowest BCUT2D eigenvalue weighted by atomic mass is 9.61. The second-order valence-corrected chi connectivity index (χ2v) is 5.43. The van der Waals surface area contributed by atoms with Crippen molar-refractivity contribution in [2.75, 3.05) is 0 Å². The summed E-state index contributed by atoms with van der Waals surface area (Å²) in [5.41, 5.74) is 1.56. The molecule has 2 rings (SSSR count). The molecule has 12 heavy (non-hydrogen) atoms. The third kappa shape index (κ3) is 0.744. The van der Waals surface area contributed by atoms with Crippen molar-refractivity contribution in [1.29, 1.82) is 0 Å². The smallest absolute Gasteiger partial charge is 0.0227 e. The van der Waals surface area contributed by atoms with Gasteiger partial charge in [0.1, 0.15) is 0 Å². The molecule has 0 aromatic carbocycles. The molecule has 2 aliphatic rings. The van der Waals surface area contributed by atoms with Gasteiger partial charge in [-0.25, -0.2) is 0 Å². The molecule has 0 spiro atoms. The summed E-state index contributed by atoms with van der Waals surface area (Å²) in [4.78, 5) is 0. The van der Waals surface area contributed by atoms with Crippen molar-refractivity contribution in [2.24, 2.45) is 22.7 Å².